The maximum absolute atomic E-state index is 13.8. The first-order valence-corrected chi connectivity index (χ1v) is 9.92. The van der Waals surface area contributed by atoms with Gasteiger partial charge in [-0.1, -0.05) is 41.9 Å². The summed E-state index contributed by atoms with van der Waals surface area (Å²) in [5.74, 6) is -1.16. The van der Waals surface area contributed by atoms with Crippen LogP contribution in [-0.2, 0) is 11.3 Å². The van der Waals surface area contributed by atoms with Crippen LogP contribution in [0.25, 0.3) is 20.7 Å². The second kappa shape index (κ2) is 7.77. The van der Waals surface area contributed by atoms with E-state index >= 15 is 0 Å². The first-order chi connectivity index (χ1) is 13.9. The standard InChI is InChI=1S/C21H15ClFN3O2S/c1-12-18-20(29-19(12)13-5-3-2-4-6-13)24-11-26(21(18)28)10-17(27)25-16-9-14(22)7-8-15(16)23/h2-9,11H,10H2,1H3,(H,25,27). The zero-order valence-electron chi connectivity index (χ0n) is 15.3. The number of nitrogens with one attached hydrogen (secondary N) is 1. The van der Waals surface area contributed by atoms with E-state index < -0.39 is 11.7 Å². The lowest BCUT2D eigenvalue weighted by molar-refractivity contribution is -0.116. The molecular weight excluding hydrogens is 413 g/mol. The molecule has 0 radical (unpaired) electrons. The third kappa shape index (κ3) is 3.79. The fraction of sp³-hybridized carbons (Fsp3) is 0.0952. The molecule has 0 bridgehead atoms. The van der Waals surface area contributed by atoms with Crippen molar-refractivity contribution in [3.63, 3.8) is 0 Å². The number of hydrogen-bond donors (Lipinski definition) is 1. The van der Waals surface area contributed by atoms with E-state index in [4.69, 9.17) is 11.6 Å². The minimum Gasteiger partial charge on any atom is -0.322 e. The maximum atomic E-state index is 13.8. The molecule has 5 nitrogen and oxygen atoms in total. The van der Waals surface area contributed by atoms with Gasteiger partial charge in [-0.05, 0) is 36.2 Å². The third-order valence-electron chi connectivity index (χ3n) is 4.47. The summed E-state index contributed by atoms with van der Waals surface area (Å²) in [7, 11) is 0. The molecule has 1 N–H and O–H groups in total. The molecule has 29 heavy (non-hydrogen) atoms. The number of benzene rings is 2. The molecule has 146 valence electrons. The Morgan fingerprint density at radius 3 is 2.76 bits per heavy atom. The molecule has 0 atom stereocenters. The molecule has 0 saturated carbocycles. The highest BCUT2D eigenvalue weighted by atomic mass is 35.5. The number of aromatic nitrogens is 2. The van der Waals surface area contributed by atoms with Gasteiger partial charge in [0.05, 0.1) is 17.4 Å². The Kier molecular flexibility index (Phi) is 5.17. The molecule has 1 amide bonds. The van der Waals surface area contributed by atoms with Gasteiger partial charge in [-0.3, -0.25) is 14.2 Å². The Hall–Kier alpha value is -3.03. The topological polar surface area (TPSA) is 64.0 Å². The number of nitrogens with zero attached hydrogens (tertiary/aromatic N) is 2. The zero-order valence-corrected chi connectivity index (χ0v) is 16.9. The van der Waals surface area contributed by atoms with Gasteiger partial charge in [-0.15, -0.1) is 11.3 Å². The highest BCUT2D eigenvalue weighted by molar-refractivity contribution is 7.22. The van der Waals surface area contributed by atoms with Gasteiger partial charge in [-0.25, -0.2) is 9.37 Å². The number of halogens is 2. The Bertz CT molecular complexity index is 1280. The summed E-state index contributed by atoms with van der Waals surface area (Å²) in [5.41, 5.74) is 1.48. The van der Waals surface area contributed by atoms with Crippen LogP contribution in [0.4, 0.5) is 10.1 Å². The summed E-state index contributed by atoms with van der Waals surface area (Å²) < 4.78 is 15.0. The van der Waals surface area contributed by atoms with E-state index in [1.807, 2.05) is 37.3 Å². The molecule has 4 rings (SSSR count). The highest BCUT2D eigenvalue weighted by Gasteiger charge is 2.17. The first-order valence-electron chi connectivity index (χ1n) is 8.73. The van der Waals surface area contributed by atoms with Crippen molar-refractivity contribution < 1.29 is 9.18 Å². The fourth-order valence-corrected chi connectivity index (χ4v) is 4.39. The zero-order chi connectivity index (χ0) is 20.5. The Balaban J connectivity index is 1.66. The molecule has 0 fully saturated rings. The minimum atomic E-state index is -0.607. The predicted octanol–water partition coefficient (Wildman–Crippen LogP) is 4.86. The maximum Gasteiger partial charge on any atom is 0.262 e. The number of fused-ring (bicyclic) bond motifs is 1. The number of aryl methyl sites for hydroxylation is 1. The average Bonchev–Trinajstić information content (AvgIpc) is 3.05. The van der Waals surface area contributed by atoms with Crippen molar-refractivity contribution in [2.75, 3.05) is 5.32 Å². The lowest BCUT2D eigenvalue weighted by Gasteiger charge is -2.08. The number of carbonyl (C=O) groups is 1. The van der Waals surface area contributed by atoms with Crippen LogP contribution in [0, 0.1) is 12.7 Å². The van der Waals surface area contributed by atoms with Crippen molar-refractivity contribution in [2.24, 2.45) is 0 Å². The van der Waals surface area contributed by atoms with E-state index in [1.54, 1.807) is 0 Å². The molecular formula is C21H15ClFN3O2S. The molecule has 2 heterocycles. The van der Waals surface area contributed by atoms with E-state index in [2.05, 4.69) is 10.3 Å². The Labute approximate surface area is 174 Å². The van der Waals surface area contributed by atoms with E-state index in [-0.39, 0.29) is 17.8 Å². The lowest BCUT2D eigenvalue weighted by Crippen LogP contribution is -2.28. The summed E-state index contributed by atoms with van der Waals surface area (Å²) in [6, 6.07) is 13.6. The molecule has 2 aromatic heterocycles. The molecule has 0 unspecified atom stereocenters. The molecule has 2 aromatic carbocycles. The van der Waals surface area contributed by atoms with Gasteiger partial charge in [-0.2, -0.15) is 0 Å². The van der Waals surface area contributed by atoms with Gasteiger partial charge in [0.2, 0.25) is 5.91 Å². The second-order valence-corrected chi connectivity index (χ2v) is 7.89. The van der Waals surface area contributed by atoms with Crippen molar-refractivity contribution >= 4 is 44.7 Å². The van der Waals surface area contributed by atoms with E-state index in [1.165, 1.54) is 34.4 Å². The number of amides is 1. The summed E-state index contributed by atoms with van der Waals surface area (Å²) >= 11 is 7.27. The Morgan fingerprint density at radius 2 is 2.00 bits per heavy atom. The summed E-state index contributed by atoms with van der Waals surface area (Å²) in [6.07, 6.45) is 1.34. The van der Waals surface area contributed by atoms with Crippen molar-refractivity contribution in [1.29, 1.82) is 0 Å². The summed E-state index contributed by atoms with van der Waals surface area (Å²) in [4.78, 5) is 31.2. The van der Waals surface area contributed by atoms with Crippen LogP contribution >= 0.6 is 22.9 Å². The van der Waals surface area contributed by atoms with Crippen LogP contribution in [0.1, 0.15) is 5.56 Å². The van der Waals surface area contributed by atoms with E-state index in [9.17, 15) is 14.0 Å². The normalized spacial score (nSPS) is 11.0. The van der Waals surface area contributed by atoms with Gasteiger partial charge < -0.3 is 5.32 Å². The van der Waals surface area contributed by atoms with Crippen LogP contribution in [0.3, 0.4) is 0 Å². The van der Waals surface area contributed by atoms with Gasteiger partial charge >= 0.3 is 0 Å². The van der Waals surface area contributed by atoms with Gasteiger partial charge in [0.1, 0.15) is 17.2 Å². The lowest BCUT2D eigenvalue weighted by atomic mass is 10.1. The molecule has 0 aliphatic rings. The van der Waals surface area contributed by atoms with Gasteiger partial charge in [0.15, 0.2) is 0 Å². The van der Waals surface area contributed by atoms with Crippen LogP contribution in [-0.4, -0.2) is 15.5 Å². The van der Waals surface area contributed by atoms with Crippen LogP contribution in [0.2, 0.25) is 5.02 Å². The highest BCUT2D eigenvalue weighted by Crippen LogP contribution is 2.35. The molecule has 0 aliphatic heterocycles. The van der Waals surface area contributed by atoms with Crippen LogP contribution in [0.5, 0.6) is 0 Å². The van der Waals surface area contributed by atoms with Crippen LogP contribution in [0.15, 0.2) is 59.7 Å². The smallest absolute Gasteiger partial charge is 0.262 e. The number of carbonyl (C=O) groups excluding carboxylic acids is 1. The number of hydrogen-bond acceptors (Lipinski definition) is 4. The summed E-state index contributed by atoms with van der Waals surface area (Å²) in [5, 5.41) is 3.22. The number of rotatable bonds is 4. The van der Waals surface area contributed by atoms with Crippen molar-refractivity contribution in [1.82, 2.24) is 9.55 Å². The average molecular weight is 428 g/mol. The fourth-order valence-electron chi connectivity index (χ4n) is 3.07. The SMILES string of the molecule is Cc1c(-c2ccccc2)sc2ncn(CC(=O)Nc3cc(Cl)ccc3F)c(=O)c12. The van der Waals surface area contributed by atoms with Gasteiger partial charge in [0, 0.05) is 9.90 Å². The summed E-state index contributed by atoms with van der Waals surface area (Å²) in [6.45, 7) is 1.58. The molecule has 4 aromatic rings. The molecule has 0 aliphatic carbocycles. The van der Waals surface area contributed by atoms with E-state index in [0.717, 1.165) is 22.1 Å². The second-order valence-electron chi connectivity index (χ2n) is 6.45. The van der Waals surface area contributed by atoms with Gasteiger partial charge in [0.25, 0.3) is 5.56 Å². The van der Waals surface area contributed by atoms with E-state index in [0.29, 0.717) is 15.2 Å². The number of thiophene rings is 1. The molecule has 0 spiro atoms. The predicted molar refractivity (Wildman–Crippen MR) is 114 cm³/mol. The first kappa shape index (κ1) is 19.3. The quantitative estimate of drug-likeness (QED) is 0.505. The molecule has 8 heteroatoms. The Morgan fingerprint density at radius 1 is 1.24 bits per heavy atom. The monoisotopic (exact) mass is 427 g/mol. The van der Waals surface area contributed by atoms with Crippen molar-refractivity contribution in [3.8, 4) is 10.4 Å². The minimum absolute atomic E-state index is 0.0392. The van der Waals surface area contributed by atoms with Crippen molar-refractivity contribution in [2.45, 2.75) is 13.5 Å². The third-order valence-corrected chi connectivity index (χ3v) is 5.95. The molecule has 0 saturated heterocycles. The van der Waals surface area contributed by atoms with Crippen molar-refractivity contribution in [3.05, 3.63) is 81.6 Å². The largest absolute Gasteiger partial charge is 0.322 e. The number of anilines is 1. The van der Waals surface area contributed by atoms with Crippen LogP contribution < -0.4 is 10.9 Å².